The van der Waals surface area contributed by atoms with E-state index < -0.39 is 7.60 Å². The molecule has 0 unspecified atom stereocenters. The zero-order valence-corrected chi connectivity index (χ0v) is 8.44. The molecule has 0 aliphatic heterocycles. The molecule has 0 heterocycles. The summed E-state index contributed by atoms with van der Waals surface area (Å²) in [6.45, 7) is 0. The van der Waals surface area contributed by atoms with E-state index in [4.69, 9.17) is 9.05 Å². The molecule has 5 heteroatoms. The number of rotatable bonds is 3. The van der Waals surface area contributed by atoms with E-state index in [-0.39, 0.29) is 4.07 Å². The van der Waals surface area contributed by atoms with Gasteiger partial charge in [0.25, 0.3) is 0 Å². The van der Waals surface area contributed by atoms with E-state index in [2.05, 4.69) is 15.9 Å². The van der Waals surface area contributed by atoms with Crippen molar-refractivity contribution in [2.75, 3.05) is 14.2 Å². The molecule has 1 rings (SSSR count). The SMILES string of the molecule is COP(=O)(OC)C1(Br)CC1. The topological polar surface area (TPSA) is 35.5 Å². The second-order valence-electron chi connectivity index (χ2n) is 2.28. The van der Waals surface area contributed by atoms with Gasteiger partial charge in [0.05, 0.1) is 0 Å². The molecule has 0 aromatic heterocycles. The molecule has 0 spiro atoms. The van der Waals surface area contributed by atoms with Crippen molar-refractivity contribution in [1.29, 1.82) is 0 Å². The van der Waals surface area contributed by atoms with Gasteiger partial charge in [-0.15, -0.1) is 0 Å². The third-order valence-electron chi connectivity index (χ3n) is 1.63. The Morgan fingerprint density at radius 2 is 1.80 bits per heavy atom. The Hall–Kier alpha value is 0.630. The Bertz CT molecular complexity index is 170. The summed E-state index contributed by atoms with van der Waals surface area (Å²) in [5, 5.41) is 0. The largest absolute Gasteiger partial charge is 0.346 e. The second kappa shape index (κ2) is 2.59. The quantitative estimate of drug-likeness (QED) is 0.550. The van der Waals surface area contributed by atoms with Crippen LogP contribution in [0.25, 0.3) is 0 Å². The molecular weight excluding hydrogens is 219 g/mol. The number of alkyl halides is 1. The summed E-state index contributed by atoms with van der Waals surface area (Å²) in [4.78, 5) is 0. The van der Waals surface area contributed by atoms with Gasteiger partial charge in [0.2, 0.25) is 0 Å². The third kappa shape index (κ3) is 1.18. The van der Waals surface area contributed by atoms with Crippen LogP contribution in [0.2, 0.25) is 0 Å². The molecule has 1 fully saturated rings. The predicted molar refractivity (Wildman–Crippen MR) is 42.5 cm³/mol. The van der Waals surface area contributed by atoms with E-state index in [1.54, 1.807) is 0 Å². The Balaban J connectivity index is 2.74. The number of halogens is 1. The molecule has 0 radical (unpaired) electrons. The van der Waals surface area contributed by atoms with E-state index >= 15 is 0 Å². The van der Waals surface area contributed by atoms with Crippen LogP contribution in [-0.4, -0.2) is 18.3 Å². The van der Waals surface area contributed by atoms with Gasteiger partial charge < -0.3 is 9.05 Å². The number of hydrogen-bond donors (Lipinski definition) is 0. The molecule has 0 amide bonds. The van der Waals surface area contributed by atoms with Crippen molar-refractivity contribution >= 4 is 23.5 Å². The zero-order chi connectivity index (χ0) is 7.83. The highest BCUT2D eigenvalue weighted by Gasteiger charge is 2.57. The summed E-state index contributed by atoms with van der Waals surface area (Å²) in [6.07, 6.45) is 1.73. The highest BCUT2D eigenvalue weighted by Crippen LogP contribution is 2.73. The summed E-state index contributed by atoms with van der Waals surface area (Å²) < 4.78 is 20.8. The fraction of sp³-hybridized carbons (Fsp3) is 1.00. The summed E-state index contributed by atoms with van der Waals surface area (Å²) >= 11 is 3.32. The zero-order valence-electron chi connectivity index (χ0n) is 5.96. The molecule has 0 bridgehead atoms. The normalized spacial score (nSPS) is 22.7. The van der Waals surface area contributed by atoms with Gasteiger partial charge in [-0.1, -0.05) is 15.9 Å². The van der Waals surface area contributed by atoms with Crippen LogP contribution in [0.15, 0.2) is 0 Å². The van der Waals surface area contributed by atoms with Crippen LogP contribution in [0.1, 0.15) is 12.8 Å². The van der Waals surface area contributed by atoms with Crippen molar-refractivity contribution in [2.24, 2.45) is 0 Å². The van der Waals surface area contributed by atoms with Gasteiger partial charge >= 0.3 is 7.60 Å². The second-order valence-corrected chi connectivity index (χ2v) is 6.99. The highest BCUT2D eigenvalue weighted by molar-refractivity contribution is 9.11. The molecule has 0 atom stereocenters. The Labute approximate surface area is 68.8 Å². The first-order valence-corrected chi connectivity index (χ1v) is 5.32. The standard InChI is InChI=1S/C5H10BrO3P/c1-8-10(7,9-2)5(6)3-4-5/h3-4H2,1-2H3. The van der Waals surface area contributed by atoms with Gasteiger partial charge in [-0.3, -0.25) is 4.57 Å². The van der Waals surface area contributed by atoms with Crippen LogP contribution in [0.4, 0.5) is 0 Å². The van der Waals surface area contributed by atoms with Crippen LogP contribution < -0.4 is 0 Å². The first-order chi connectivity index (χ1) is 4.58. The molecule has 60 valence electrons. The minimum absolute atomic E-state index is 0.372. The first kappa shape index (κ1) is 8.72. The maximum absolute atomic E-state index is 11.5. The molecule has 1 aliphatic rings. The summed E-state index contributed by atoms with van der Waals surface area (Å²) in [5.41, 5.74) is 0. The van der Waals surface area contributed by atoms with Crippen LogP contribution >= 0.6 is 23.5 Å². The Morgan fingerprint density at radius 1 is 1.40 bits per heavy atom. The van der Waals surface area contributed by atoms with Gasteiger partial charge in [0.15, 0.2) is 0 Å². The van der Waals surface area contributed by atoms with E-state index in [1.807, 2.05) is 0 Å². The predicted octanol–water partition coefficient (Wildman–Crippen LogP) is 2.36. The molecule has 1 aliphatic carbocycles. The van der Waals surface area contributed by atoms with Crippen molar-refractivity contribution in [3.63, 3.8) is 0 Å². The van der Waals surface area contributed by atoms with Crippen molar-refractivity contribution in [3.05, 3.63) is 0 Å². The summed E-state index contributed by atoms with van der Waals surface area (Å²) in [7, 11) is -0.0205. The minimum Gasteiger partial charge on any atom is -0.311 e. The maximum Gasteiger partial charge on any atom is 0.346 e. The summed E-state index contributed by atoms with van der Waals surface area (Å²) in [6, 6.07) is 0. The van der Waals surface area contributed by atoms with Crippen molar-refractivity contribution in [3.8, 4) is 0 Å². The van der Waals surface area contributed by atoms with Crippen molar-refractivity contribution in [1.82, 2.24) is 0 Å². The lowest BCUT2D eigenvalue weighted by Gasteiger charge is -2.17. The Kier molecular flexibility index (Phi) is 2.26. The molecule has 0 aromatic rings. The molecule has 3 nitrogen and oxygen atoms in total. The van der Waals surface area contributed by atoms with E-state index in [9.17, 15) is 4.57 Å². The van der Waals surface area contributed by atoms with Crippen LogP contribution in [-0.2, 0) is 13.6 Å². The Morgan fingerprint density at radius 3 is 1.90 bits per heavy atom. The van der Waals surface area contributed by atoms with Crippen LogP contribution in [0, 0.1) is 0 Å². The van der Waals surface area contributed by atoms with Crippen LogP contribution in [0.3, 0.4) is 0 Å². The monoisotopic (exact) mass is 228 g/mol. The van der Waals surface area contributed by atoms with Crippen LogP contribution in [0.5, 0.6) is 0 Å². The first-order valence-electron chi connectivity index (χ1n) is 2.98. The summed E-state index contributed by atoms with van der Waals surface area (Å²) in [5.74, 6) is 0. The lowest BCUT2D eigenvalue weighted by molar-refractivity contribution is 0.272. The van der Waals surface area contributed by atoms with Crippen molar-refractivity contribution < 1.29 is 13.6 Å². The van der Waals surface area contributed by atoms with Gasteiger partial charge in [-0.2, -0.15) is 0 Å². The fourth-order valence-electron chi connectivity index (χ4n) is 0.779. The molecule has 1 saturated carbocycles. The third-order valence-corrected chi connectivity index (χ3v) is 6.12. The molecule has 0 aromatic carbocycles. The molecule has 0 N–H and O–H groups in total. The lowest BCUT2D eigenvalue weighted by Crippen LogP contribution is -2.02. The fourth-order valence-corrected chi connectivity index (χ4v) is 3.31. The average Bonchev–Trinajstić information content (AvgIpc) is 2.68. The highest BCUT2D eigenvalue weighted by atomic mass is 79.9. The van der Waals surface area contributed by atoms with E-state index in [0.717, 1.165) is 12.8 Å². The molecule has 10 heavy (non-hydrogen) atoms. The molecule has 0 saturated heterocycles. The van der Waals surface area contributed by atoms with Gasteiger partial charge in [0.1, 0.15) is 4.07 Å². The number of hydrogen-bond acceptors (Lipinski definition) is 3. The smallest absolute Gasteiger partial charge is 0.311 e. The van der Waals surface area contributed by atoms with E-state index in [0.29, 0.717) is 0 Å². The van der Waals surface area contributed by atoms with Crippen molar-refractivity contribution in [2.45, 2.75) is 16.9 Å². The van der Waals surface area contributed by atoms with Gasteiger partial charge in [-0.25, -0.2) is 0 Å². The maximum atomic E-state index is 11.5. The molecular formula is C5H10BrO3P. The lowest BCUT2D eigenvalue weighted by atomic mass is 11.0. The van der Waals surface area contributed by atoms with Gasteiger partial charge in [-0.05, 0) is 12.8 Å². The van der Waals surface area contributed by atoms with Gasteiger partial charge in [0, 0.05) is 14.2 Å². The van der Waals surface area contributed by atoms with E-state index in [1.165, 1.54) is 14.2 Å². The average molecular weight is 229 g/mol. The minimum atomic E-state index is -2.84.